The predicted molar refractivity (Wildman–Crippen MR) is 88.2 cm³/mol. The van der Waals surface area contributed by atoms with Crippen molar-refractivity contribution in [3.63, 3.8) is 0 Å². The van der Waals surface area contributed by atoms with E-state index >= 15 is 0 Å². The van der Waals surface area contributed by atoms with E-state index in [-0.39, 0.29) is 6.04 Å². The second-order valence-electron chi connectivity index (χ2n) is 5.16. The molecule has 102 valence electrons. The van der Waals surface area contributed by atoms with Crippen LogP contribution in [-0.4, -0.2) is 0 Å². The monoisotopic (exact) mass is 355 g/mol. The molecule has 2 aromatic rings. The lowest BCUT2D eigenvalue weighted by molar-refractivity contribution is 0.710. The number of rotatable bonds is 3. The Kier molecular flexibility index (Phi) is 4.42. The molecule has 1 unspecified atom stereocenters. The van der Waals surface area contributed by atoms with Crippen LogP contribution in [0.4, 0.5) is 0 Å². The van der Waals surface area contributed by atoms with E-state index in [1.807, 2.05) is 11.3 Å². The van der Waals surface area contributed by atoms with Crippen molar-refractivity contribution in [2.45, 2.75) is 44.6 Å². The maximum atomic E-state index is 6.40. The van der Waals surface area contributed by atoms with Crippen LogP contribution in [-0.2, 0) is 19.3 Å². The van der Waals surface area contributed by atoms with Gasteiger partial charge >= 0.3 is 0 Å². The van der Waals surface area contributed by atoms with Crippen LogP contribution in [0.25, 0.3) is 0 Å². The topological polar surface area (TPSA) is 26.0 Å². The summed E-state index contributed by atoms with van der Waals surface area (Å²) in [4.78, 5) is 4.32. The van der Waals surface area contributed by atoms with Crippen molar-refractivity contribution in [1.82, 2.24) is 0 Å². The average molecular weight is 356 g/mol. The molecule has 0 radical (unpaired) electrons. The van der Waals surface area contributed by atoms with Gasteiger partial charge in [0.2, 0.25) is 0 Å². The van der Waals surface area contributed by atoms with Gasteiger partial charge in [0.25, 0.3) is 0 Å². The molecule has 0 amide bonds. The molecule has 3 rings (SSSR count). The van der Waals surface area contributed by atoms with Crippen LogP contribution in [0, 0.1) is 0 Å². The minimum Gasteiger partial charge on any atom is -0.323 e. The van der Waals surface area contributed by atoms with Gasteiger partial charge in [0.05, 0.1) is 0 Å². The molecule has 2 N–H and O–H groups in total. The standard InChI is InChI=1S/C15H18BrNS2/c16-11-6-7-18-14(11)9-12(17)15-8-10-4-2-1-3-5-13(10)19-15/h6-8,12H,1-5,9,17H2. The second kappa shape index (κ2) is 6.08. The molecular formula is C15H18BrNS2. The van der Waals surface area contributed by atoms with Gasteiger partial charge in [0.15, 0.2) is 0 Å². The summed E-state index contributed by atoms with van der Waals surface area (Å²) >= 11 is 7.33. The summed E-state index contributed by atoms with van der Waals surface area (Å²) in [5, 5.41) is 2.12. The summed E-state index contributed by atoms with van der Waals surface area (Å²) in [5.74, 6) is 0. The van der Waals surface area contributed by atoms with E-state index in [0.29, 0.717) is 0 Å². The Labute approximate surface area is 131 Å². The lowest BCUT2D eigenvalue weighted by atomic mass is 10.1. The van der Waals surface area contributed by atoms with Gasteiger partial charge in [0, 0.05) is 31.6 Å². The fourth-order valence-electron chi connectivity index (χ4n) is 2.64. The number of halogens is 1. The largest absolute Gasteiger partial charge is 0.323 e. The zero-order valence-corrected chi connectivity index (χ0v) is 14.0. The van der Waals surface area contributed by atoms with Crippen LogP contribution in [0.1, 0.15) is 45.5 Å². The van der Waals surface area contributed by atoms with E-state index < -0.39 is 0 Å². The van der Waals surface area contributed by atoms with Crippen LogP contribution >= 0.6 is 38.6 Å². The fraction of sp³-hybridized carbons (Fsp3) is 0.467. The van der Waals surface area contributed by atoms with Gasteiger partial charge in [-0.3, -0.25) is 0 Å². The molecule has 1 atom stereocenters. The third kappa shape index (κ3) is 3.13. The quantitative estimate of drug-likeness (QED) is 0.762. The lowest BCUT2D eigenvalue weighted by Crippen LogP contribution is -2.11. The third-order valence-corrected chi connectivity index (χ3v) is 7.05. The third-order valence-electron chi connectivity index (χ3n) is 3.73. The maximum Gasteiger partial charge on any atom is 0.0439 e. The summed E-state index contributed by atoms with van der Waals surface area (Å²) in [5.41, 5.74) is 7.97. The zero-order chi connectivity index (χ0) is 13.2. The van der Waals surface area contributed by atoms with Crippen molar-refractivity contribution >= 4 is 38.6 Å². The molecule has 0 saturated carbocycles. The summed E-state index contributed by atoms with van der Waals surface area (Å²) in [6, 6.07) is 4.63. The van der Waals surface area contributed by atoms with Gasteiger partial charge in [-0.2, -0.15) is 0 Å². The molecule has 0 aromatic carbocycles. The van der Waals surface area contributed by atoms with Gasteiger partial charge in [-0.25, -0.2) is 0 Å². The number of hydrogen-bond donors (Lipinski definition) is 1. The van der Waals surface area contributed by atoms with E-state index in [1.54, 1.807) is 21.8 Å². The van der Waals surface area contributed by atoms with Crippen LogP contribution in [0.2, 0.25) is 0 Å². The van der Waals surface area contributed by atoms with E-state index in [2.05, 4.69) is 33.4 Å². The highest BCUT2D eigenvalue weighted by Crippen LogP contribution is 2.34. The Hall–Kier alpha value is -0.160. The van der Waals surface area contributed by atoms with Crippen molar-refractivity contribution in [1.29, 1.82) is 0 Å². The Morgan fingerprint density at radius 2 is 2.11 bits per heavy atom. The molecule has 0 fully saturated rings. The van der Waals surface area contributed by atoms with Gasteiger partial charge in [-0.1, -0.05) is 6.42 Å². The molecule has 0 spiro atoms. The molecule has 4 heteroatoms. The lowest BCUT2D eigenvalue weighted by Gasteiger charge is -2.08. The Morgan fingerprint density at radius 1 is 1.26 bits per heavy atom. The molecule has 1 nitrogen and oxygen atoms in total. The van der Waals surface area contributed by atoms with Crippen molar-refractivity contribution in [2.75, 3.05) is 0 Å². The molecular weight excluding hydrogens is 338 g/mol. The highest BCUT2D eigenvalue weighted by Gasteiger charge is 2.17. The first-order valence-corrected chi connectivity index (χ1v) is 9.32. The first-order chi connectivity index (χ1) is 9.24. The van der Waals surface area contributed by atoms with E-state index in [0.717, 1.165) is 6.42 Å². The maximum absolute atomic E-state index is 6.40. The summed E-state index contributed by atoms with van der Waals surface area (Å²) in [6.07, 6.45) is 7.52. The van der Waals surface area contributed by atoms with Crippen molar-refractivity contribution in [2.24, 2.45) is 5.73 Å². The van der Waals surface area contributed by atoms with Gasteiger partial charge in [0.1, 0.15) is 0 Å². The second-order valence-corrected chi connectivity index (χ2v) is 8.18. The molecule has 0 saturated heterocycles. The number of fused-ring (bicyclic) bond motifs is 1. The Balaban J connectivity index is 1.77. The molecule has 1 aliphatic rings. The van der Waals surface area contributed by atoms with E-state index in [4.69, 9.17) is 5.73 Å². The van der Waals surface area contributed by atoms with Crippen LogP contribution in [0.5, 0.6) is 0 Å². The summed E-state index contributed by atoms with van der Waals surface area (Å²) in [6.45, 7) is 0. The number of aryl methyl sites for hydroxylation is 2. The first-order valence-electron chi connectivity index (χ1n) is 6.83. The number of hydrogen-bond acceptors (Lipinski definition) is 3. The van der Waals surface area contributed by atoms with Gasteiger partial charge in [-0.15, -0.1) is 22.7 Å². The highest BCUT2D eigenvalue weighted by molar-refractivity contribution is 9.10. The number of nitrogens with two attached hydrogens (primary N) is 1. The molecule has 0 aliphatic heterocycles. The van der Waals surface area contributed by atoms with Crippen LogP contribution < -0.4 is 5.73 Å². The van der Waals surface area contributed by atoms with Crippen LogP contribution in [0.15, 0.2) is 22.0 Å². The molecule has 2 aromatic heterocycles. The molecule has 19 heavy (non-hydrogen) atoms. The number of thiophene rings is 2. The smallest absolute Gasteiger partial charge is 0.0439 e. The minimum absolute atomic E-state index is 0.145. The normalized spacial score (nSPS) is 16.9. The molecule has 0 bridgehead atoms. The predicted octanol–water partition coefficient (Wildman–Crippen LogP) is 5.08. The van der Waals surface area contributed by atoms with Crippen molar-refractivity contribution < 1.29 is 0 Å². The van der Waals surface area contributed by atoms with Gasteiger partial charge in [-0.05, 0) is 64.7 Å². The molecule has 2 heterocycles. The molecule has 1 aliphatic carbocycles. The average Bonchev–Trinajstić information content (AvgIpc) is 2.91. The highest BCUT2D eigenvalue weighted by atomic mass is 79.9. The van der Waals surface area contributed by atoms with Crippen molar-refractivity contribution in [3.8, 4) is 0 Å². The summed E-state index contributed by atoms with van der Waals surface area (Å²) in [7, 11) is 0. The Bertz CT molecular complexity index is 535. The van der Waals surface area contributed by atoms with E-state index in [1.165, 1.54) is 46.3 Å². The summed E-state index contributed by atoms with van der Waals surface area (Å²) < 4.78 is 1.20. The van der Waals surface area contributed by atoms with Crippen molar-refractivity contribution in [3.05, 3.63) is 42.2 Å². The fourth-order valence-corrected chi connectivity index (χ4v) is 5.48. The zero-order valence-electron chi connectivity index (χ0n) is 10.8. The van der Waals surface area contributed by atoms with Gasteiger partial charge < -0.3 is 5.73 Å². The Morgan fingerprint density at radius 3 is 2.89 bits per heavy atom. The minimum atomic E-state index is 0.145. The van der Waals surface area contributed by atoms with Crippen LogP contribution in [0.3, 0.4) is 0 Å². The first kappa shape index (κ1) is 13.8. The SMILES string of the molecule is NC(Cc1sccc1Br)c1cc2c(s1)CCCCC2. The van der Waals surface area contributed by atoms with E-state index in [9.17, 15) is 0 Å².